The number of fused-ring (bicyclic) bond motifs is 2. The first kappa shape index (κ1) is 13.8. The largest absolute Gasteiger partial charge is 0.366 e. The molecule has 3 N–H and O–H groups in total. The summed E-state index contributed by atoms with van der Waals surface area (Å²) in [6.07, 6.45) is 5.25. The maximum atomic E-state index is 5.24. The maximum absolute atomic E-state index is 5.24. The van der Waals surface area contributed by atoms with Crippen molar-refractivity contribution in [1.29, 1.82) is 0 Å². The third kappa shape index (κ3) is 2.96. The molecule has 1 aromatic rings. The zero-order valence-electron chi connectivity index (χ0n) is 12.1. The number of hydrogen-bond acceptors (Lipinski definition) is 1. The normalized spacial score (nSPS) is 31.9. The average Bonchev–Trinajstić information content (AvgIpc) is 2.71. The summed E-state index contributed by atoms with van der Waals surface area (Å²) in [5, 5.41) is 7.28. The van der Waals surface area contributed by atoms with Gasteiger partial charge in [-0.05, 0) is 12.2 Å². The first-order valence-corrected chi connectivity index (χ1v) is 8.05. The van der Waals surface area contributed by atoms with E-state index in [9.17, 15) is 0 Å². The van der Waals surface area contributed by atoms with Crippen LogP contribution in [0.4, 0.5) is 0 Å². The van der Waals surface area contributed by atoms with E-state index in [0.717, 1.165) is 17.2 Å². The van der Waals surface area contributed by atoms with Gasteiger partial charge in [0, 0.05) is 44.3 Å². The highest BCUT2D eigenvalue weighted by Gasteiger charge is 2.44. The Kier molecular flexibility index (Phi) is 4.22. The fourth-order valence-corrected chi connectivity index (χ4v) is 4.09. The molecular weight excluding hydrogens is 266 g/mol. The second-order valence-corrected chi connectivity index (χ2v) is 6.51. The number of quaternary nitrogens is 1. The summed E-state index contributed by atoms with van der Waals surface area (Å²) in [5.41, 5.74) is 1.47. The van der Waals surface area contributed by atoms with E-state index >= 15 is 0 Å². The molecule has 2 aliphatic rings. The number of thiocarbonyl (C=S) groups is 1. The number of benzene rings is 1. The zero-order chi connectivity index (χ0) is 13.9. The molecule has 2 aliphatic heterocycles. The Balaban J connectivity index is 1.62. The van der Waals surface area contributed by atoms with Crippen molar-refractivity contribution in [3.8, 4) is 0 Å². The molecule has 2 heterocycles. The summed E-state index contributed by atoms with van der Waals surface area (Å²) in [6.45, 7) is 1.18. The van der Waals surface area contributed by atoms with Gasteiger partial charge in [0.05, 0.1) is 12.1 Å². The van der Waals surface area contributed by atoms with E-state index in [-0.39, 0.29) is 0 Å². The van der Waals surface area contributed by atoms with Crippen LogP contribution >= 0.6 is 12.2 Å². The Labute approximate surface area is 126 Å². The quantitative estimate of drug-likeness (QED) is 0.721. The molecule has 3 nitrogen and oxygen atoms in total. The zero-order valence-corrected chi connectivity index (χ0v) is 12.9. The molecule has 3 rings (SSSR count). The molecule has 2 fully saturated rings. The van der Waals surface area contributed by atoms with E-state index in [1.54, 1.807) is 4.90 Å². The summed E-state index contributed by atoms with van der Waals surface area (Å²) < 4.78 is 0. The topological polar surface area (TPSA) is 28.5 Å². The second kappa shape index (κ2) is 6.10. The highest BCUT2D eigenvalue weighted by molar-refractivity contribution is 7.80. The van der Waals surface area contributed by atoms with Gasteiger partial charge >= 0.3 is 0 Å². The predicted octanol–water partition coefficient (Wildman–Crippen LogP) is 0.859. The lowest BCUT2D eigenvalue weighted by Crippen LogP contribution is -3.17. The van der Waals surface area contributed by atoms with E-state index in [0.29, 0.717) is 6.04 Å². The number of nitrogens with one attached hydrogen (secondary N) is 3. The highest BCUT2D eigenvalue weighted by atomic mass is 32.1. The van der Waals surface area contributed by atoms with Crippen LogP contribution in [0.3, 0.4) is 0 Å². The lowest BCUT2D eigenvalue weighted by Gasteiger charge is -2.36. The van der Waals surface area contributed by atoms with Crippen molar-refractivity contribution < 1.29 is 4.90 Å². The van der Waals surface area contributed by atoms with Crippen LogP contribution < -0.4 is 15.5 Å². The maximum Gasteiger partial charge on any atom is 0.166 e. The average molecular weight is 290 g/mol. The fraction of sp³-hybridized carbons (Fsp3) is 0.562. The lowest BCUT2D eigenvalue weighted by molar-refractivity contribution is -0.954. The van der Waals surface area contributed by atoms with Crippen LogP contribution in [0.2, 0.25) is 0 Å². The Morgan fingerprint density at radius 1 is 1.20 bits per heavy atom. The SMILES string of the molecule is CNC(=S)NC1C[C@H]2CC[C@H](C1)[NH+]2Cc1ccccc1. The van der Waals surface area contributed by atoms with Crippen LogP contribution in [0.25, 0.3) is 0 Å². The van der Waals surface area contributed by atoms with Gasteiger partial charge < -0.3 is 15.5 Å². The molecular formula is C16H24N3S+. The fourth-order valence-electron chi connectivity index (χ4n) is 3.92. The Bertz CT molecular complexity index is 448. The summed E-state index contributed by atoms with van der Waals surface area (Å²) in [4.78, 5) is 1.80. The molecule has 20 heavy (non-hydrogen) atoms. The first-order valence-electron chi connectivity index (χ1n) is 7.64. The van der Waals surface area contributed by atoms with Gasteiger partial charge in [0.15, 0.2) is 5.11 Å². The Morgan fingerprint density at radius 3 is 2.45 bits per heavy atom. The molecule has 2 bridgehead atoms. The summed E-state index contributed by atoms with van der Waals surface area (Å²) in [5.74, 6) is 0. The smallest absolute Gasteiger partial charge is 0.166 e. The number of hydrogen-bond donors (Lipinski definition) is 3. The van der Waals surface area contributed by atoms with Crippen molar-refractivity contribution in [3.63, 3.8) is 0 Å². The Hall–Kier alpha value is -1.13. The van der Waals surface area contributed by atoms with Gasteiger partial charge in [0.25, 0.3) is 0 Å². The third-order valence-corrected chi connectivity index (χ3v) is 5.19. The molecule has 108 valence electrons. The minimum absolute atomic E-state index is 0.562. The van der Waals surface area contributed by atoms with Crippen LogP contribution in [0.15, 0.2) is 30.3 Å². The van der Waals surface area contributed by atoms with E-state index in [1.807, 2.05) is 7.05 Å². The van der Waals surface area contributed by atoms with Gasteiger partial charge in [-0.2, -0.15) is 0 Å². The molecule has 2 saturated heterocycles. The molecule has 0 amide bonds. The van der Waals surface area contributed by atoms with Crippen LogP contribution in [0, 0.1) is 0 Å². The molecule has 0 unspecified atom stereocenters. The highest BCUT2D eigenvalue weighted by Crippen LogP contribution is 2.23. The number of rotatable bonds is 3. The minimum atomic E-state index is 0.562. The van der Waals surface area contributed by atoms with Gasteiger partial charge in [0.1, 0.15) is 6.54 Å². The van der Waals surface area contributed by atoms with Crippen molar-refractivity contribution in [2.75, 3.05) is 7.05 Å². The second-order valence-electron chi connectivity index (χ2n) is 6.10. The standard InChI is InChI=1S/C16H23N3S/c1-17-16(20)18-13-9-14-7-8-15(10-13)19(14)11-12-5-3-2-4-6-12/h2-6,13-15H,7-11H2,1H3,(H2,17,18,20)/p+1/t14-,15-/m1/s1. The van der Waals surface area contributed by atoms with Gasteiger partial charge in [-0.15, -0.1) is 0 Å². The van der Waals surface area contributed by atoms with Gasteiger partial charge in [-0.1, -0.05) is 30.3 Å². The molecule has 4 heteroatoms. The predicted molar refractivity (Wildman–Crippen MR) is 85.7 cm³/mol. The van der Waals surface area contributed by atoms with E-state index in [1.165, 1.54) is 37.8 Å². The molecule has 0 aliphatic carbocycles. The van der Waals surface area contributed by atoms with E-state index in [4.69, 9.17) is 12.2 Å². The van der Waals surface area contributed by atoms with Crippen molar-refractivity contribution in [2.45, 2.75) is 50.4 Å². The van der Waals surface area contributed by atoms with Gasteiger partial charge in [-0.3, -0.25) is 0 Å². The molecule has 0 radical (unpaired) electrons. The van der Waals surface area contributed by atoms with Crippen molar-refractivity contribution in [2.24, 2.45) is 0 Å². The van der Waals surface area contributed by atoms with Crippen LogP contribution in [-0.2, 0) is 6.54 Å². The summed E-state index contributed by atoms with van der Waals surface area (Å²) >= 11 is 5.24. The minimum Gasteiger partial charge on any atom is -0.366 e. The van der Waals surface area contributed by atoms with E-state index < -0.39 is 0 Å². The molecule has 0 spiro atoms. The van der Waals surface area contributed by atoms with Gasteiger partial charge in [0.2, 0.25) is 0 Å². The van der Waals surface area contributed by atoms with Crippen molar-refractivity contribution in [1.82, 2.24) is 10.6 Å². The molecule has 2 atom stereocenters. The van der Waals surface area contributed by atoms with Gasteiger partial charge in [-0.25, -0.2) is 0 Å². The number of piperidine rings is 1. The molecule has 0 aromatic heterocycles. The monoisotopic (exact) mass is 290 g/mol. The van der Waals surface area contributed by atoms with E-state index in [2.05, 4.69) is 41.0 Å². The summed E-state index contributed by atoms with van der Waals surface area (Å²) in [7, 11) is 1.89. The van der Waals surface area contributed by atoms with Crippen LogP contribution in [0.1, 0.15) is 31.2 Å². The Morgan fingerprint density at radius 2 is 1.85 bits per heavy atom. The molecule has 0 saturated carbocycles. The lowest BCUT2D eigenvalue weighted by atomic mass is 9.96. The summed E-state index contributed by atoms with van der Waals surface area (Å²) in [6, 6.07) is 13.1. The third-order valence-electron chi connectivity index (χ3n) is 4.86. The molecule has 1 aromatic carbocycles. The van der Waals surface area contributed by atoms with Crippen molar-refractivity contribution >= 4 is 17.3 Å². The first-order chi connectivity index (χ1) is 9.76. The van der Waals surface area contributed by atoms with Crippen LogP contribution in [-0.4, -0.2) is 30.3 Å². The van der Waals surface area contributed by atoms with Crippen molar-refractivity contribution in [3.05, 3.63) is 35.9 Å². The van der Waals surface area contributed by atoms with Crippen LogP contribution in [0.5, 0.6) is 0 Å².